The van der Waals surface area contributed by atoms with E-state index in [-0.39, 0.29) is 12.0 Å². The van der Waals surface area contributed by atoms with Gasteiger partial charge in [-0.05, 0) is 38.8 Å². The Bertz CT molecular complexity index is 907. The normalized spacial score (nSPS) is 11.3. The lowest BCUT2D eigenvalue weighted by molar-refractivity contribution is 0.0976. The Morgan fingerprint density at radius 2 is 1.77 bits per heavy atom. The van der Waals surface area contributed by atoms with E-state index in [0.29, 0.717) is 24.6 Å². The lowest BCUT2D eigenvalue weighted by atomic mass is 10.1. The van der Waals surface area contributed by atoms with E-state index in [1.54, 1.807) is 11.3 Å². The maximum Gasteiger partial charge on any atom is 0.274 e. The molecule has 26 heavy (non-hydrogen) atoms. The quantitative estimate of drug-likeness (QED) is 0.285. The maximum absolute atomic E-state index is 13.2. The molecule has 8 heteroatoms. The number of ether oxygens (including phenoxy) is 1. The number of hydrogen-bond donors (Lipinski definition) is 0. The fourth-order valence-electron chi connectivity index (χ4n) is 2.57. The van der Waals surface area contributed by atoms with Gasteiger partial charge in [-0.2, -0.15) is 0 Å². The molecular formula is C18H16F3NO2S2. The topological polar surface area (TPSA) is 39.2 Å². The highest BCUT2D eigenvalue weighted by molar-refractivity contribution is 7.25. The Kier molecular flexibility index (Phi) is 5.62. The van der Waals surface area contributed by atoms with Crippen LogP contribution in [0.4, 0.5) is 13.2 Å². The van der Waals surface area contributed by atoms with Gasteiger partial charge in [0, 0.05) is 21.7 Å². The van der Waals surface area contributed by atoms with Gasteiger partial charge < -0.3 is 4.74 Å². The lowest BCUT2D eigenvalue weighted by Gasteiger charge is -2.04. The van der Waals surface area contributed by atoms with Crippen LogP contribution in [0.15, 0.2) is 12.1 Å². The average Bonchev–Trinajstić information content (AvgIpc) is 3.13. The van der Waals surface area contributed by atoms with E-state index in [0.717, 1.165) is 27.2 Å². The highest BCUT2D eigenvalue weighted by Gasteiger charge is 2.15. The Balaban J connectivity index is 1.47. The highest BCUT2D eigenvalue weighted by atomic mass is 32.1. The summed E-state index contributed by atoms with van der Waals surface area (Å²) in [5.41, 5.74) is 0.816. The summed E-state index contributed by atoms with van der Waals surface area (Å²) < 4.78 is 46.0. The number of hydrogen-bond acceptors (Lipinski definition) is 5. The number of thiophene rings is 1. The molecular weight excluding hydrogens is 383 g/mol. The van der Waals surface area contributed by atoms with Crippen LogP contribution in [0.25, 0.3) is 10.2 Å². The third kappa shape index (κ3) is 3.91. The summed E-state index contributed by atoms with van der Waals surface area (Å²) >= 11 is 3.21. The van der Waals surface area contributed by atoms with Gasteiger partial charge in [0.25, 0.3) is 5.19 Å². The number of halogens is 3. The second-order valence-electron chi connectivity index (χ2n) is 5.85. The van der Waals surface area contributed by atoms with Gasteiger partial charge in [0.05, 0.1) is 16.8 Å². The number of nitrogens with zero attached hydrogens (tertiary/aromatic N) is 1. The molecule has 1 aromatic carbocycles. The number of aromatic nitrogens is 1. The van der Waals surface area contributed by atoms with E-state index in [9.17, 15) is 18.0 Å². The van der Waals surface area contributed by atoms with Gasteiger partial charge in [0.1, 0.15) is 0 Å². The van der Waals surface area contributed by atoms with Gasteiger partial charge in [0.2, 0.25) is 0 Å². The van der Waals surface area contributed by atoms with Crippen LogP contribution in [0, 0.1) is 31.3 Å². The number of carbonyl (C=O) groups is 1. The molecule has 0 atom stereocenters. The van der Waals surface area contributed by atoms with Crippen LogP contribution in [0.1, 0.15) is 39.4 Å². The summed E-state index contributed by atoms with van der Waals surface area (Å²) in [7, 11) is 0. The summed E-state index contributed by atoms with van der Waals surface area (Å²) in [4.78, 5) is 18.8. The molecule has 0 aliphatic rings. The first-order valence-electron chi connectivity index (χ1n) is 8.04. The molecule has 0 amide bonds. The first-order valence-corrected chi connectivity index (χ1v) is 9.67. The predicted molar refractivity (Wildman–Crippen MR) is 97.0 cm³/mol. The van der Waals surface area contributed by atoms with Gasteiger partial charge in [-0.15, -0.1) is 11.3 Å². The van der Waals surface area contributed by atoms with Crippen molar-refractivity contribution >= 4 is 38.7 Å². The molecule has 0 N–H and O–H groups in total. The number of carbonyl (C=O) groups excluding carboxylic acids is 1. The summed E-state index contributed by atoms with van der Waals surface area (Å²) in [6.45, 7) is 4.47. The third-order valence-electron chi connectivity index (χ3n) is 3.90. The molecule has 2 heterocycles. The minimum atomic E-state index is -1.57. The SMILES string of the molecule is Cc1sc(C)c2sc(OCCCCC(=O)c3cc(F)c(F)c(F)c3)nc12. The van der Waals surface area contributed by atoms with Crippen molar-refractivity contribution in [3.05, 3.63) is 44.9 Å². The molecule has 0 radical (unpaired) electrons. The minimum absolute atomic E-state index is 0.110. The zero-order chi connectivity index (χ0) is 18.8. The predicted octanol–water partition coefficient (Wildman–Crippen LogP) is 5.82. The number of Topliss-reactive ketones (excluding diaryl/α,β-unsaturated/α-hetero) is 1. The lowest BCUT2D eigenvalue weighted by Crippen LogP contribution is -2.04. The smallest absolute Gasteiger partial charge is 0.274 e. The van der Waals surface area contributed by atoms with Crippen molar-refractivity contribution in [3.8, 4) is 5.19 Å². The molecule has 0 aliphatic carbocycles. The van der Waals surface area contributed by atoms with Crippen molar-refractivity contribution in [2.45, 2.75) is 33.1 Å². The molecule has 3 rings (SSSR count). The number of fused-ring (bicyclic) bond motifs is 1. The van der Waals surface area contributed by atoms with Crippen LogP contribution in [-0.4, -0.2) is 17.4 Å². The van der Waals surface area contributed by atoms with Crippen molar-refractivity contribution < 1.29 is 22.7 Å². The number of benzene rings is 1. The number of thiazole rings is 1. The molecule has 3 nitrogen and oxygen atoms in total. The van der Waals surface area contributed by atoms with Crippen molar-refractivity contribution in [2.75, 3.05) is 6.61 Å². The van der Waals surface area contributed by atoms with E-state index in [4.69, 9.17) is 4.74 Å². The molecule has 0 bridgehead atoms. The molecule has 0 unspecified atom stereocenters. The van der Waals surface area contributed by atoms with Gasteiger partial charge >= 0.3 is 0 Å². The number of rotatable bonds is 7. The Labute approximate surface area is 156 Å². The van der Waals surface area contributed by atoms with E-state index in [2.05, 4.69) is 11.9 Å². The molecule has 0 fully saturated rings. The monoisotopic (exact) mass is 399 g/mol. The molecule has 0 aliphatic heterocycles. The average molecular weight is 399 g/mol. The Morgan fingerprint density at radius 3 is 2.42 bits per heavy atom. The van der Waals surface area contributed by atoms with Gasteiger partial charge in [0.15, 0.2) is 23.2 Å². The van der Waals surface area contributed by atoms with Gasteiger partial charge in [-0.25, -0.2) is 18.2 Å². The van der Waals surface area contributed by atoms with Crippen LogP contribution >= 0.6 is 22.7 Å². The minimum Gasteiger partial charge on any atom is -0.470 e. The second kappa shape index (κ2) is 7.75. The largest absolute Gasteiger partial charge is 0.470 e. The third-order valence-corrected chi connectivity index (χ3v) is 6.12. The van der Waals surface area contributed by atoms with Crippen LogP contribution in [0.2, 0.25) is 0 Å². The molecule has 3 aromatic rings. The van der Waals surface area contributed by atoms with Crippen molar-refractivity contribution in [3.63, 3.8) is 0 Å². The zero-order valence-corrected chi connectivity index (χ0v) is 15.8. The van der Waals surface area contributed by atoms with E-state index in [1.807, 2.05) is 6.92 Å². The number of ketones is 1. The first kappa shape index (κ1) is 18.8. The van der Waals surface area contributed by atoms with Crippen LogP contribution in [0.3, 0.4) is 0 Å². The summed E-state index contributed by atoms with van der Waals surface area (Å²) in [5.74, 6) is -4.70. The highest BCUT2D eigenvalue weighted by Crippen LogP contribution is 2.37. The van der Waals surface area contributed by atoms with Crippen molar-refractivity contribution in [2.24, 2.45) is 0 Å². The van der Waals surface area contributed by atoms with E-state index >= 15 is 0 Å². The molecule has 2 aromatic heterocycles. The number of aryl methyl sites for hydroxylation is 2. The fraction of sp³-hybridized carbons (Fsp3) is 0.333. The van der Waals surface area contributed by atoms with Gasteiger partial charge in [-0.1, -0.05) is 11.3 Å². The first-order chi connectivity index (χ1) is 12.4. The van der Waals surface area contributed by atoms with E-state index < -0.39 is 23.2 Å². The summed E-state index contributed by atoms with van der Waals surface area (Å²) in [5, 5.41) is 0.600. The second-order valence-corrected chi connectivity index (χ2v) is 8.25. The summed E-state index contributed by atoms with van der Waals surface area (Å²) in [6, 6.07) is 1.45. The standard InChI is InChI=1S/C18H16F3NO2S2/c1-9-16-17(10(2)25-9)26-18(22-16)24-6-4-3-5-14(23)11-7-12(19)15(21)13(20)8-11/h7-8H,3-6H2,1-2H3. The number of unbranched alkanes of at least 4 members (excludes halogenated alkanes) is 1. The fourth-order valence-corrected chi connectivity index (χ4v) is 4.67. The zero-order valence-electron chi connectivity index (χ0n) is 14.2. The van der Waals surface area contributed by atoms with Gasteiger partial charge in [-0.3, -0.25) is 4.79 Å². The molecule has 0 saturated carbocycles. The van der Waals surface area contributed by atoms with Crippen LogP contribution < -0.4 is 4.74 Å². The molecule has 0 spiro atoms. The molecule has 138 valence electrons. The van der Waals surface area contributed by atoms with Crippen molar-refractivity contribution in [1.82, 2.24) is 4.98 Å². The van der Waals surface area contributed by atoms with Crippen molar-refractivity contribution in [1.29, 1.82) is 0 Å². The molecule has 0 saturated heterocycles. The Hall–Kier alpha value is -1.93. The maximum atomic E-state index is 13.2. The summed E-state index contributed by atoms with van der Waals surface area (Å²) in [6.07, 6.45) is 1.21. The van der Waals surface area contributed by atoms with Crippen LogP contribution in [-0.2, 0) is 0 Å². The Morgan fingerprint density at radius 1 is 1.08 bits per heavy atom. The van der Waals surface area contributed by atoms with Crippen LogP contribution in [0.5, 0.6) is 5.19 Å². The van der Waals surface area contributed by atoms with E-state index in [1.165, 1.54) is 16.2 Å².